The third-order valence-corrected chi connectivity index (χ3v) is 2.17. The zero-order valence-electron chi connectivity index (χ0n) is 5.79. The summed E-state index contributed by atoms with van der Waals surface area (Å²) in [4.78, 5) is 10.6. The summed E-state index contributed by atoms with van der Waals surface area (Å²) in [5.74, 6) is 0.0434. The van der Waals surface area contributed by atoms with E-state index in [4.69, 9.17) is 0 Å². The molecule has 0 saturated carbocycles. The van der Waals surface area contributed by atoms with Crippen molar-refractivity contribution in [3.8, 4) is 0 Å². The molecule has 0 unspecified atom stereocenters. The highest BCUT2D eigenvalue weighted by atomic mass is 79.9. The number of halogens is 1. The van der Waals surface area contributed by atoms with Gasteiger partial charge < -0.3 is 5.32 Å². The number of allylic oxidation sites excluding steroid dienone is 2. The van der Waals surface area contributed by atoms with Gasteiger partial charge in [-0.05, 0) is 29.8 Å². The maximum atomic E-state index is 10.6. The lowest BCUT2D eigenvalue weighted by Crippen LogP contribution is -2.06. The van der Waals surface area contributed by atoms with Crippen LogP contribution in [0.5, 0.6) is 0 Å². The minimum atomic E-state index is 0.0434. The molecule has 0 aliphatic carbocycles. The van der Waals surface area contributed by atoms with E-state index in [9.17, 15) is 4.79 Å². The Morgan fingerprint density at radius 2 is 1.89 bits per heavy atom. The molecule has 0 radical (unpaired) electrons. The van der Waals surface area contributed by atoms with Gasteiger partial charge in [0, 0.05) is 12.7 Å². The lowest BCUT2D eigenvalue weighted by Gasteiger charge is -1.99. The maximum Gasteiger partial charge on any atom is 0.168 e. The topological polar surface area (TPSA) is 29.1 Å². The largest absolute Gasteiger partial charge is 0.391 e. The zero-order chi connectivity index (χ0) is 7.44. The first kappa shape index (κ1) is 8.69. The van der Waals surface area contributed by atoms with E-state index in [1.54, 1.807) is 7.05 Å². The highest BCUT2D eigenvalue weighted by Gasteiger charge is 2.00. The Morgan fingerprint density at radius 1 is 1.44 bits per heavy atom. The molecule has 3 heteroatoms. The van der Waals surface area contributed by atoms with E-state index >= 15 is 0 Å². The van der Waals surface area contributed by atoms with E-state index in [0.29, 0.717) is 4.48 Å². The molecular formula is C6H10BrNO. The van der Waals surface area contributed by atoms with Crippen LogP contribution in [0.2, 0.25) is 0 Å². The number of carbonyl (C=O) groups excluding carboxylic acids is 1. The predicted molar refractivity (Wildman–Crippen MR) is 41.4 cm³/mol. The first-order valence-corrected chi connectivity index (χ1v) is 3.44. The summed E-state index contributed by atoms with van der Waals surface area (Å²) in [7, 11) is 1.78. The normalized spacial score (nSPS) is 12.4. The minimum absolute atomic E-state index is 0.0434. The van der Waals surface area contributed by atoms with Crippen molar-refractivity contribution in [2.24, 2.45) is 0 Å². The smallest absolute Gasteiger partial charge is 0.168 e. The van der Waals surface area contributed by atoms with E-state index in [2.05, 4.69) is 21.2 Å². The van der Waals surface area contributed by atoms with E-state index in [0.717, 1.165) is 5.70 Å². The van der Waals surface area contributed by atoms with Gasteiger partial charge in [0.05, 0.1) is 4.48 Å². The molecule has 52 valence electrons. The number of hydrogen-bond acceptors (Lipinski definition) is 2. The molecule has 0 atom stereocenters. The van der Waals surface area contributed by atoms with Crippen molar-refractivity contribution in [3.05, 3.63) is 10.2 Å². The van der Waals surface area contributed by atoms with Crippen LogP contribution in [0.25, 0.3) is 0 Å². The van der Waals surface area contributed by atoms with Gasteiger partial charge in [0.2, 0.25) is 0 Å². The van der Waals surface area contributed by atoms with Gasteiger partial charge in [0.15, 0.2) is 5.78 Å². The van der Waals surface area contributed by atoms with Crippen molar-refractivity contribution < 1.29 is 4.79 Å². The zero-order valence-corrected chi connectivity index (χ0v) is 7.37. The predicted octanol–water partition coefficient (Wildman–Crippen LogP) is 1.42. The third kappa shape index (κ3) is 2.65. The van der Waals surface area contributed by atoms with Crippen molar-refractivity contribution in [3.63, 3.8) is 0 Å². The monoisotopic (exact) mass is 191 g/mol. The van der Waals surface area contributed by atoms with Crippen LogP contribution < -0.4 is 5.32 Å². The lowest BCUT2D eigenvalue weighted by molar-refractivity contribution is -0.112. The fourth-order valence-electron chi connectivity index (χ4n) is 0.374. The first-order chi connectivity index (χ1) is 4.09. The van der Waals surface area contributed by atoms with Crippen LogP contribution in [0.4, 0.5) is 0 Å². The van der Waals surface area contributed by atoms with Crippen LogP contribution in [-0.4, -0.2) is 12.8 Å². The Balaban J connectivity index is 4.28. The molecule has 0 aliphatic rings. The first-order valence-electron chi connectivity index (χ1n) is 2.64. The molecule has 0 aromatic heterocycles. The van der Waals surface area contributed by atoms with Gasteiger partial charge in [-0.1, -0.05) is 0 Å². The van der Waals surface area contributed by atoms with Crippen LogP contribution in [0.3, 0.4) is 0 Å². The molecule has 0 heterocycles. The Kier molecular flexibility index (Phi) is 3.54. The number of rotatable bonds is 2. The molecule has 0 amide bonds. The second kappa shape index (κ2) is 3.67. The van der Waals surface area contributed by atoms with Crippen molar-refractivity contribution in [2.45, 2.75) is 13.8 Å². The van der Waals surface area contributed by atoms with Crippen molar-refractivity contribution in [1.82, 2.24) is 5.32 Å². The van der Waals surface area contributed by atoms with E-state index < -0.39 is 0 Å². The SMILES string of the molecule is CN/C(C)=C(\Br)C(C)=O. The number of ketones is 1. The Labute approximate surface area is 63.5 Å². The van der Waals surface area contributed by atoms with Crippen molar-refractivity contribution >= 4 is 21.7 Å². The summed E-state index contributed by atoms with van der Waals surface area (Å²) in [5, 5.41) is 2.86. The molecule has 0 spiro atoms. The Morgan fingerprint density at radius 3 is 2.00 bits per heavy atom. The van der Waals surface area contributed by atoms with Gasteiger partial charge in [0.1, 0.15) is 0 Å². The number of carbonyl (C=O) groups is 1. The van der Waals surface area contributed by atoms with Gasteiger partial charge in [-0.15, -0.1) is 0 Å². The van der Waals surface area contributed by atoms with Gasteiger partial charge in [-0.25, -0.2) is 0 Å². The highest BCUT2D eigenvalue weighted by Crippen LogP contribution is 2.09. The average molecular weight is 192 g/mol. The standard InChI is InChI=1S/C6H10BrNO/c1-4(8-3)6(7)5(2)9/h8H,1-3H3/b6-4-. The lowest BCUT2D eigenvalue weighted by atomic mass is 10.3. The molecule has 1 N–H and O–H groups in total. The summed E-state index contributed by atoms with van der Waals surface area (Å²) in [6.07, 6.45) is 0. The van der Waals surface area contributed by atoms with Gasteiger partial charge in [-0.2, -0.15) is 0 Å². The molecule has 0 saturated heterocycles. The molecule has 0 aromatic rings. The summed E-state index contributed by atoms with van der Waals surface area (Å²) >= 11 is 3.14. The van der Waals surface area contributed by atoms with Crippen LogP contribution in [0.1, 0.15) is 13.8 Å². The number of hydrogen-bond donors (Lipinski definition) is 1. The average Bonchev–Trinajstić information content (AvgIpc) is 1.84. The molecule has 2 nitrogen and oxygen atoms in total. The van der Waals surface area contributed by atoms with E-state index in [-0.39, 0.29) is 5.78 Å². The number of nitrogens with one attached hydrogen (secondary N) is 1. The van der Waals surface area contributed by atoms with Crippen LogP contribution >= 0.6 is 15.9 Å². The number of Topliss-reactive ketones (excluding diaryl/α,β-unsaturated/α-hetero) is 1. The maximum absolute atomic E-state index is 10.6. The molecule has 0 aromatic carbocycles. The summed E-state index contributed by atoms with van der Waals surface area (Å²) in [5.41, 5.74) is 0.863. The second-order valence-corrected chi connectivity index (χ2v) is 2.54. The fourth-order valence-corrected chi connectivity index (χ4v) is 0.572. The Bertz CT molecular complexity index is 151. The Hall–Kier alpha value is -0.310. The molecule has 0 aliphatic heterocycles. The van der Waals surface area contributed by atoms with Gasteiger partial charge in [0.25, 0.3) is 0 Å². The van der Waals surface area contributed by atoms with Crippen molar-refractivity contribution in [2.75, 3.05) is 7.05 Å². The van der Waals surface area contributed by atoms with E-state index in [1.807, 2.05) is 6.92 Å². The molecule has 0 fully saturated rings. The minimum Gasteiger partial charge on any atom is -0.391 e. The molecule has 0 rings (SSSR count). The molecule has 9 heavy (non-hydrogen) atoms. The molecular weight excluding hydrogens is 182 g/mol. The van der Waals surface area contributed by atoms with Crippen molar-refractivity contribution in [1.29, 1.82) is 0 Å². The van der Waals surface area contributed by atoms with Crippen LogP contribution in [0, 0.1) is 0 Å². The third-order valence-electron chi connectivity index (χ3n) is 1.01. The van der Waals surface area contributed by atoms with Gasteiger partial charge in [-0.3, -0.25) is 4.79 Å². The highest BCUT2D eigenvalue weighted by molar-refractivity contribution is 9.12. The van der Waals surface area contributed by atoms with Crippen LogP contribution in [0.15, 0.2) is 10.2 Å². The van der Waals surface area contributed by atoms with Crippen LogP contribution in [-0.2, 0) is 4.79 Å². The fraction of sp³-hybridized carbons (Fsp3) is 0.500. The quantitative estimate of drug-likeness (QED) is 0.670. The van der Waals surface area contributed by atoms with Gasteiger partial charge >= 0.3 is 0 Å². The van der Waals surface area contributed by atoms with E-state index in [1.165, 1.54) is 6.92 Å². The summed E-state index contributed by atoms with van der Waals surface area (Å²) in [6.45, 7) is 3.36. The molecule has 0 bridgehead atoms. The summed E-state index contributed by atoms with van der Waals surface area (Å²) in [6, 6.07) is 0. The summed E-state index contributed by atoms with van der Waals surface area (Å²) < 4.78 is 0.616. The second-order valence-electron chi connectivity index (χ2n) is 1.75.